The highest BCUT2D eigenvalue weighted by Gasteiger charge is 2.60. The minimum Gasteiger partial charge on any atom is -0.465 e. The third-order valence-electron chi connectivity index (χ3n) is 6.21. The van der Waals surface area contributed by atoms with Crippen molar-refractivity contribution in [3.8, 4) is 0 Å². The van der Waals surface area contributed by atoms with Gasteiger partial charge < -0.3 is 14.6 Å². The lowest BCUT2D eigenvalue weighted by molar-refractivity contribution is -0.197. The molecule has 0 aliphatic heterocycles. The van der Waals surface area contributed by atoms with E-state index in [0.29, 0.717) is 23.8 Å². The van der Waals surface area contributed by atoms with Crippen LogP contribution in [0.5, 0.6) is 0 Å². The molecule has 25 heavy (non-hydrogen) atoms. The summed E-state index contributed by atoms with van der Waals surface area (Å²) in [6.45, 7) is 0.190. The van der Waals surface area contributed by atoms with E-state index >= 15 is 0 Å². The molecule has 5 heteroatoms. The summed E-state index contributed by atoms with van der Waals surface area (Å²) in [4.78, 5) is 24.3. The predicted molar refractivity (Wildman–Crippen MR) is 89.6 cm³/mol. The van der Waals surface area contributed by atoms with Gasteiger partial charge in [-0.3, -0.25) is 4.79 Å². The molecule has 0 aromatic heterocycles. The second kappa shape index (κ2) is 5.84. The van der Waals surface area contributed by atoms with E-state index in [-0.39, 0.29) is 18.5 Å². The van der Waals surface area contributed by atoms with E-state index in [9.17, 15) is 14.7 Å². The minimum atomic E-state index is -0.661. The molecule has 4 fully saturated rings. The van der Waals surface area contributed by atoms with Gasteiger partial charge in [-0.05, 0) is 68.1 Å². The third kappa shape index (κ3) is 2.95. The molecule has 1 aromatic rings. The molecule has 4 aliphatic rings. The summed E-state index contributed by atoms with van der Waals surface area (Å²) in [5.74, 6) is 0.360. The van der Waals surface area contributed by atoms with Crippen LogP contribution >= 0.6 is 0 Å². The van der Waals surface area contributed by atoms with Gasteiger partial charge in [-0.1, -0.05) is 12.1 Å². The largest absolute Gasteiger partial charge is 0.465 e. The summed E-state index contributed by atoms with van der Waals surface area (Å²) < 4.78 is 10.3. The molecule has 2 unspecified atom stereocenters. The van der Waals surface area contributed by atoms with Crippen LogP contribution < -0.4 is 0 Å². The number of ether oxygens (including phenoxy) is 2. The lowest BCUT2D eigenvalue weighted by Gasteiger charge is -2.58. The predicted octanol–water partition coefficient (Wildman–Crippen LogP) is 2.85. The molecule has 4 aliphatic carbocycles. The first kappa shape index (κ1) is 16.6. The number of benzene rings is 1. The summed E-state index contributed by atoms with van der Waals surface area (Å²) in [5, 5.41) is 10.8. The summed E-state index contributed by atoms with van der Waals surface area (Å²) in [6.07, 6.45) is 5.08. The zero-order valence-corrected chi connectivity index (χ0v) is 14.5. The Labute approximate surface area is 147 Å². The van der Waals surface area contributed by atoms with Crippen LogP contribution in [0.1, 0.15) is 54.4 Å². The summed E-state index contributed by atoms with van der Waals surface area (Å²) in [6, 6.07) is 6.88. The normalized spacial score (nSPS) is 35.4. The number of carbonyl (C=O) groups excluding carboxylic acids is 2. The van der Waals surface area contributed by atoms with Gasteiger partial charge in [0.2, 0.25) is 0 Å². The topological polar surface area (TPSA) is 72.8 Å². The van der Waals surface area contributed by atoms with Crippen molar-refractivity contribution >= 4 is 11.9 Å². The molecular formula is C20H24O5. The number of esters is 2. The first-order chi connectivity index (χ1) is 11.9. The Bertz CT molecular complexity index is 679. The molecular weight excluding hydrogens is 320 g/mol. The molecule has 4 bridgehead atoms. The van der Waals surface area contributed by atoms with Gasteiger partial charge in [-0.15, -0.1) is 0 Å². The molecule has 134 valence electrons. The molecule has 0 amide bonds. The average Bonchev–Trinajstić information content (AvgIpc) is 2.57. The van der Waals surface area contributed by atoms with Crippen LogP contribution in [0.4, 0.5) is 0 Å². The van der Waals surface area contributed by atoms with Gasteiger partial charge in [-0.25, -0.2) is 4.79 Å². The van der Waals surface area contributed by atoms with E-state index in [1.54, 1.807) is 24.3 Å². The van der Waals surface area contributed by atoms with E-state index < -0.39 is 11.0 Å². The number of carbonyl (C=O) groups is 2. The van der Waals surface area contributed by atoms with Crippen molar-refractivity contribution in [2.75, 3.05) is 7.11 Å². The molecule has 0 radical (unpaired) electrons. The van der Waals surface area contributed by atoms with Gasteiger partial charge in [0.05, 0.1) is 23.7 Å². The average molecular weight is 344 g/mol. The number of hydrogen-bond acceptors (Lipinski definition) is 5. The van der Waals surface area contributed by atoms with Gasteiger partial charge in [0.1, 0.15) is 6.61 Å². The van der Waals surface area contributed by atoms with Gasteiger partial charge in [0.25, 0.3) is 0 Å². The highest BCUT2D eigenvalue weighted by Crippen LogP contribution is 2.62. The van der Waals surface area contributed by atoms with Crippen LogP contribution in [0, 0.1) is 17.3 Å². The zero-order chi connectivity index (χ0) is 17.7. The van der Waals surface area contributed by atoms with E-state index in [1.165, 1.54) is 7.11 Å². The van der Waals surface area contributed by atoms with E-state index in [4.69, 9.17) is 4.74 Å². The third-order valence-corrected chi connectivity index (χ3v) is 6.21. The number of rotatable bonds is 4. The van der Waals surface area contributed by atoms with Crippen molar-refractivity contribution < 1.29 is 24.2 Å². The van der Waals surface area contributed by atoms with Crippen molar-refractivity contribution in [2.24, 2.45) is 17.3 Å². The maximum Gasteiger partial charge on any atom is 0.337 e. The zero-order valence-electron chi connectivity index (χ0n) is 14.5. The number of aliphatic hydroxyl groups is 1. The molecule has 4 saturated carbocycles. The van der Waals surface area contributed by atoms with Crippen molar-refractivity contribution in [1.29, 1.82) is 0 Å². The van der Waals surface area contributed by atoms with Crippen LogP contribution in [-0.2, 0) is 20.9 Å². The Hall–Kier alpha value is -1.88. The molecule has 1 N–H and O–H groups in total. The van der Waals surface area contributed by atoms with Crippen LogP contribution in [0.25, 0.3) is 0 Å². The van der Waals surface area contributed by atoms with Crippen molar-refractivity contribution in [1.82, 2.24) is 0 Å². The highest BCUT2D eigenvalue weighted by molar-refractivity contribution is 5.89. The molecule has 1 aromatic carbocycles. The van der Waals surface area contributed by atoms with Crippen LogP contribution in [0.2, 0.25) is 0 Å². The fraction of sp³-hybridized carbons (Fsp3) is 0.600. The van der Waals surface area contributed by atoms with Crippen molar-refractivity contribution in [2.45, 2.75) is 50.7 Å². The minimum absolute atomic E-state index is 0.169. The van der Waals surface area contributed by atoms with E-state index in [1.807, 2.05) is 0 Å². The quantitative estimate of drug-likeness (QED) is 0.850. The first-order valence-corrected chi connectivity index (χ1v) is 8.98. The Morgan fingerprint density at radius 3 is 2.32 bits per heavy atom. The fourth-order valence-electron chi connectivity index (χ4n) is 5.61. The van der Waals surface area contributed by atoms with Gasteiger partial charge >= 0.3 is 11.9 Å². The molecule has 5 rings (SSSR count). The monoisotopic (exact) mass is 344 g/mol. The second-order valence-corrected chi connectivity index (χ2v) is 8.23. The summed E-state index contributed by atoms with van der Waals surface area (Å²) >= 11 is 0. The molecule has 5 nitrogen and oxygen atoms in total. The SMILES string of the molecule is COC(=O)c1ccc(COC(=O)C23CC4CC(CC(O)(C4)C2)C3)cc1. The van der Waals surface area contributed by atoms with E-state index in [2.05, 4.69) is 4.74 Å². The Balaban J connectivity index is 1.42. The van der Waals surface area contributed by atoms with Gasteiger partial charge in [-0.2, -0.15) is 0 Å². The maximum absolute atomic E-state index is 12.8. The molecule has 2 atom stereocenters. The lowest BCUT2D eigenvalue weighted by Crippen LogP contribution is -2.58. The van der Waals surface area contributed by atoms with Crippen LogP contribution in [0.3, 0.4) is 0 Å². The second-order valence-electron chi connectivity index (χ2n) is 8.23. The standard InChI is InChI=1S/C20H24O5/c1-24-17(21)16-4-2-13(3-5-16)11-25-18(22)19-7-14-6-15(8-19)10-20(23,9-14)12-19/h2-5,14-15,23H,6-12H2,1H3. The summed E-state index contributed by atoms with van der Waals surface area (Å²) in [7, 11) is 1.34. The highest BCUT2D eigenvalue weighted by atomic mass is 16.5. The van der Waals surface area contributed by atoms with Gasteiger partial charge in [0.15, 0.2) is 0 Å². The first-order valence-electron chi connectivity index (χ1n) is 8.98. The van der Waals surface area contributed by atoms with Crippen LogP contribution in [0.15, 0.2) is 24.3 Å². The van der Waals surface area contributed by atoms with Gasteiger partial charge in [0, 0.05) is 0 Å². The number of hydrogen-bond donors (Lipinski definition) is 1. The lowest BCUT2D eigenvalue weighted by atomic mass is 9.48. The smallest absolute Gasteiger partial charge is 0.337 e. The number of methoxy groups -OCH3 is 1. The summed E-state index contributed by atoms with van der Waals surface area (Å²) in [5.41, 5.74) is 0.154. The van der Waals surface area contributed by atoms with Crippen molar-refractivity contribution in [3.05, 3.63) is 35.4 Å². The molecule has 0 saturated heterocycles. The molecule has 0 spiro atoms. The Kier molecular flexibility index (Phi) is 3.87. The molecule has 0 heterocycles. The van der Waals surface area contributed by atoms with E-state index in [0.717, 1.165) is 37.7 Å². The fourth-order valence-corrected chi connectivity index (χ4v) is 5.61. The van der Waals surface area contributed by atoms with Crippen molar-refractivity contribution in [3.63, 3.8) is 0 Å². The Morgan fingerprint density at radius 2 is 1.76 bits per heavy atom. The maximum atomic E-state index is 12.8. The van der Waals surface area contributed by atoms with Crippen LogP contribution in [-0.4, -0.2) is 29.8 Å². The Morgan fingerprint density at radius 1 is 1.12 bits per heavy atom.